The number of rotatable bonds is 7. The number of nitrogens with zero attached hydrogens (tertiary/aromatic N) is 4. The Morgan fingerprint density at radius 2 is 2.24 bits per heavy atom. The number of aliphatic imine (C=N–C) groups is 1. The van der Waals surface area contributed by atoms with Crippen LogP contribution in [0.15, 0.2) is 15.5 Å². The number of nitrogens with two attached hydrogens (primary N) is 1. The average molecular weight is 474 g/mol. The molecular formula is C12H15N6NaO7S3. The smallest absolute Gasteiger partial charge is 0.857 e. The summed E-state index contributed by atoms with van der Waals surface area (Å²) in [5.74, 6) is -2.35. The summed E-state index contributed by atoms with van der Waals surface area (Å²) in [4.78, 5) is 35.7. The number of hydrogen-bond acceptors (Lipinski definition) is 12. The molecule has 1 aliphatic heterocycles. The van der Waals surface area contributed by atoms with Gasteiger partial charge in [-0.3, -0.25) is 19.1 Å². The predicted molar refractivity (Wildman–Crippen MR) is 100 cm³/mol. The number of thiazole rings is 1. The molecule has 154 valence electrons. The number of amides is 2. The second kappa shape index (κ2) is 10.6. The minimum atomic E-state index is -4.88. The zero-order valence-corrected chi connectivity index (χ0v) is 19.9. The summed E-state index contributed by atoms with van der Waals surface area (Å²) in [5, 5.41) is 19.4. The number of carbonyl (C=O) groups is 2. The Kier molecular flexibility index (Phi) is 9.32. The van der Waals surface area contributed by atoms with E-state index < -0.39 is 39.4 Å². The largest absolute Gasteiger partial charge is 1.00 e. The summed E-state index contributed by atoms with van der Waals surface area (Å²) in [7, 11) is -2.34. The van der Waals surface area contributed by atoms with Crippen LogP contribution in [0.25, 0.3) is 0 Å². The molecule has 0 saturated carbocycles. The van der Waals surface area contributed by atoms with Crippen molar-refractivity contribution < 1.29 is 62.1 Å². The van der Waals surface area contributed by atoms with Gasteiger partial charge in [-0.1, -0.05) is 16.9 Å². The maximum Gasteiger partial charge on any atom is 1.00 e. The van der Waals surface area contributed by atoms with Crippen molar-refractivity contribution in [2.45, 2.75) is 12.1 Å². The average Bonchev–Trinajstić information content (AvgIpc) is 3.04. The molecule has 0 aliphatic carbocycles. The third-order valence-electron chi connectivity index (χ3n) is 3.38. The van der Waals surface area contributed by atoms with E-state index in [1.807, 2.05) is 0 Å². The van der Waals surface area contributed by atoms with E-state index >= 15 is 0 Å². The van der Waals surface area contributed by atoms with E-state index in [1.165, 1.54) is 19.5 Å². The van der Waals surface area contributed by atoms with Gasteiger partial charge in [-0.15, -0.1) is 11.3 Å². The van der Waals surface area contributed by atoms with Crippen LogP contribution in [0.4, 0.5) is 9.93 Å². The van der Waals surface area contributed by atoms with Gasteiger partial charge in [-0.2, -0.15) is 8.42 Å². The summed E-state index contributed by atoms with van der Waals surface area (Å²) in [6, 6.07) is -2.68. The minimum Gasteiger partial charge on any atom is -0.857 e. The van der Waals surface area contributed by atoms with Gasteiger partial charge in [0.25, 0.3) is 11.1 Å². The van der Waals surface area contributed by atoms with Gasteiger partial charge < -0.3 is 21.0 Å². The maximum absolute atomic E-state index is 12.5. The molecule has 1 saturated heterocycles. The van der Waals surface area contributed by atoms with Crippen LogP contribution in [0.2, 0.25) is 0 Å². The van der Waals surface area contributed by atoms with Crippen LogP contribution in [0.1, 0.15) is 5.69 Å². The number of nitrogen functional groups attached to an aromatic ring is 1. The molecule has 1 aromatic rings. The zero-order chi connectivity index (χ0) is 21.1. The number of oxime groups is 1. The predicted octanol–water partition coefficient (Wildman–Crippen LogP) is -4.71. The topological polar surface area (TPSA) is 200 Å². The van der Waals surface area contributed by atoms with Crippen molar-refractivity contribution in [3.05, 3.63) is 11.1 Å². The van der Waals surface area contributed by atoms with E-state index in [0.29, 0.717) is 11.8 Å². The summed E-state index contributed by atoms with van der Waals surface area (Å²) >= 11 is 1.69. The van der Waals surface area contributed by atoms with Gasteiger partial charge in [0.1, 0.15) is 18.5 Å². The number of carbonyl (C=O) groups excluding carboxylic acids is 2. The number of anilines is 1. The fourth-order valence-electron chi connectivity index (χ4n) is 2.19. The van der Waals surface area contributed by atoms with E-state index in [2.05, 4.69) is 25.3 Å². The minimum absolute atomic E-state index is 0. The third-order valence-corrected chi connectivity index (χ3v) is 5.98. The van der Waals surface area contributed by atoms with Crippen molar-refractivity contribution in [2.75, 3.05) is 25.6 Å². The fourth-order valence-corrected chi connectivity index (χ4v) is 4.50. The van der Waals surface area contributed by atoms with E-state index in [1.54, 1.807) is 0 Å². The molecule has 0 spiro atoms. The van der Waals surface area contributed by atoms with Gasteiger partial charge in [-0.05, 0) is 0 Å². The maximum atomic E-state index is 12.5. The normalized spacial score (nSPS) is 20.0. The van der Waals surface area contributed by atoms with Crippen LogP contribution in [-0.4, -0.2) is 77.0 Å². The van der Waals surface area contributed by atoms with Crippen LogP contribution in [0.5, 0.6) is 0 Å². The standard InChI is InChI=1S/C12H16N6O7S3.Na/c1-14-12(21)27-4-6-8(10(20)18(6)28(22,23)24)16-9(19)7(17-25-2)5-3-26-11(13)15-5;/h3,6,8H,4H2,1-2H3,(H2,13,15)(H,14,21)(H,16,19)(H,22,23,24);/q;+1/p-1/b17-7+;/t6-,8+;/m1./s1. The van der Waals surface area contributed by atoms with Crippen LogP contribution < -0.4 is 45.7 Å². The zero-order valence-electron chi connectivity index (χ0n) is 15.4. The molecule has 0 bridgehead atoms. The molecular weight excluding hydrogens is 459 g/mol. The van der Waals surface area contributed by atoms with Crippen molar-refractivity contribution >= 4 is 61.3 Å². The number of aromatic nitrogens is 1. The second-order valence-electron chi connectivity index (χ2n) is 5.10. The summed E-state index contributed by atoms with van der Waals surface area (Å²) < 4.78 is 32.2. The molecule has 29 heavy (non-hydrogen) atoms. The summed E-state index contributed by atoms with van der Waals surface area (Å²) in [6.07, 6.45) is 0. The molecule has 1 fully saturated rings. The first-order chi connectivity index (χ1) is 13.1. The van der Waals surface area contributed by atoms with E-state index in [0.717, 1.165) is 11.3 Å². The molecule has 2 atom stereocenters. The monoisotopic (exact) mass is 474 g/mol. The first-order valence-corrected chi connectivity index (χ1v) is 10.6. The third kappa shape index (κ3) is 6.03. The van der Waals surface area contributed by atoms with E-state index in [9.17, 15) is 27.7 Å². The molecule has 2 rings (SSSR count). The molecule has 2 heterocycles. The molecule has 1 aliphatic rings. The first-order valence-electron chi connectivity index (χ1n) is 7.33. The van der Waals surface area contributed by atoms with Crippen LogP contribution >= 0.6 is 23.1 Å². The first kappa shape index (κ1) is 25.6. The molecule has 4 N–H and O–H groups in total. The Morgan fingerprint density at radius 3 is 2.72 bits per heavy atom. The van der Waals surface area contributed by atoms with Gasteiger partial charge >= 0.3 is 39.9 Å². The number of β-lactam (4-membered cyclic amide) rings is 1. The molecule has 13 nitrogen and oxygen atoms in total. The van der Waals surface area contributed by atoms with Crippen molar-refractivity contribution in [1.82, 2.24) is 14.6 Å². The van der Waals surface area contributed by atoms with Crippen LogP contribution in [-0.2, 0) is 19.9 Å². The van der Waals surface area contributed by atoms with E-state index in [4.69, 9.17) is 5.73 Å². The number of hydrogen-bond donors (Lipinski definition) is 3. The Morgan fingerprint density at radius 1 is 1.59 bits per heavy atom. The van der Waals surface area contributed by atoms with Gasteiger partial charge in [0.15, 0.2) is 11.2 Å². The summed E-state index contributed by atoms with van der Waals surface area (Å²) in [5.41, 5.74) is 5.24. The molecule has 0 aromatic carbocycles. The molecule has 0 radical (unpaired) electrons. The van der Waals surface area contributed by atoms with Gasteiger partial charge in [0.05, 0.1) is 6.04 Å². The second-order valence-corrected chi connectivity index (χ2v) is 8.27. The van der Waals surface area contributed by atoms with Crippen molar-refractivity contribution in [2.24, 2.45) is 10.1 Å². The number of thioether (sulfide) groups is 1. The molecule has 1 aromatic heterocycles. The summed E-state index contributed by atoms with van der Waals surface area (Å²) in [6.45, 7) is 0. The Bertz CT molecular complexity index is 934. The van der Waals surface area contributed by atoms with Gasteiger partial charge in [0.2, 0.25) is 0 Å². The van der Waals surface area contributed by atoms with Crippen molar-refractivity contribution in [3.8, 4) is 0 Å². The van der Waals surface area contributed by atoms with Crippen LogP contribution in [0, 0.1) is 0 Å². The SMILES string of the molecule is CNC(=O)SC[C@@H]1[C@H](N=C([O-])/C(=N/OC)c2csc(N)n2)C(=O)N1S(=O)(=O)O.[Na+]. The fraction of sp³-hybridized carbons (Fsp3) is 0.417. The molecule has 17 heteroatoms. The van der Waals surface area contributed by atoms with Gasteiger partial charge in [0, 0.05) is 24.1 Å². The quantitative estimate of drug-likeness (QED) is 0.0861. The van der Waals surface area contributed by atoms with Crippen molar-refractivity contribution in [1.29, 1.82) is 0 Å². The van der Waals surface area contributed by atoms with E-state index in [-0.39, 0.29) is 56.2 Å². The van der Waals surface area contributed by atoms with Crippen LogP contribution in [0.3, 0.4) is 0 Å². The Hall–Kier alpha value is -1.43. The van der Waals surface area contributed by atoms with Gasteiger partial charge in [-0.25, -0.2) is 9.29 Å². The Labute approximate surface area is 195 Å². The molecule has 0 unspecified atom stereocenters. The van der Waals surface area contributed by atoms with Crippen molar-refractivity contribution in [3.63, 3.8) is 0 Å². The molecule has 2 amide bonds. The Balaban J connectivity index is 0.00000420. The number of nitrogens with one attached hydrogen (secondary N) is 1.